The highest BCUT2D eigenvalue weighted by atomic mass is 35.5. The molecule has 1 atom stereocenters. The fourth-order valence-corrected chi connectivity index (χ4v) is 2.32. The molecule has 0 heterocycles. The van der Waals surface area contributed by atoms with Crippen molar-refractivity contribution in [2.75, 3.05) is 20.8 Å². The van der Waals surface area contributed by atoms with Gasteiger partial charge in [0.15, 0.2) is 0 Å². The average molecular weight is 340 g/mol. The second-order valence-corrected chi connectivity index (χ2v) is 5.41. The molecule has 0 aliphatic rings. The summed E-state index contributed by atoms with van der Waals surface area (Å²) < 4.78 is 23.9. The molecule has 0 bridgehead atoms. The molecule has 0 radical (unpaired) electrons. The van der Waals surface area contributed by atoms with Crippen molar-refractivity contribution in [3.63, 3.8) is 0 Å². The number of benzene rings is 2. The molecule has 124 valence electrons. The van der Waals surface area contributed by atoms with Gasteiger partial charge in [-0.2, -0.15) is 0 Å². The van der Waals surface area contributed by atoms with Crippen LogP contribution in [0.15, 0.2) is 36.4 Å². The lowest BCUT2D eigenvalue weighted by Gasteiger charge is -2.15. The molecule has 2 N–H and O–H groups in total. The lowest BCUT2D eigenvalue weighted by molar-refractivity contribution is 0.174. The first-order chi connectivity index (χ1) is 11.0. The van der Waals surface area contributed by atoms with Crippen molar-refractivity contribution in [1.82, 2.24) is 5.32 Å². The van der Waals surface area contributed by atoms with Gasteiger partial charge >= 0.3 is 0 Å². The number of ether oxygens (including phenoxy) is 2. The van der Waals surface area contributed by atoms with Crippen molar-refractivity contribution in [2.24, 2.45) is 0 Å². The van der Waals surface area contributed by atoms with E-state index in [2.05, 4.69) is 5.32 Å². The Balaban J connectivity index is 1.97. The van der Waals surface area contributed by atoms with Crippen molar-refractivity contribution in [2.45, 2.75) is 12.6 Å². The number of halogens is 2. The van der Waals surface area contributed by atoms with Crippen LogP contribution in [0, 0.1) is 5.82 Å². The van der Waals surface area contributed by atoms with Crippen LogP contribution in [0.1, 0.15) is 17.2 Å². The minimum Gasteiger partial charge on any atom is -0.497 e. The summed E-state index contributed by atoms with van der Waals surface area (Å²) in [6, 6.07) is 9.76. The van der Waals surface area contributed by atoms with E-state index in [1.807, 2.05) is 18.2 Å². The van der Waals surface area contributed by atoms with Gasteiger partial charge < -0.3 is 19.9 Å². The highest BCUT2D eigenvalue weighted by Gasteiger charge is 2.11. The normalized spacial score (nSPS) is 12.0. The van der Waals surface area contributed by atoms with Crippen LogP contribution in [0.5, 0.6) is 11.5 Å². The standard InChI is InChI=1S/C17H19ClFNO3/c1-22-13-4-6-17(23-2)12(7-13)9-20-10-16(21)11-3-5-14(18)15(19)8-11/h3-8,16,20-21H,9-10H2,1-2H3. The zero-order chi connectivity index (χ0) is 16.8. The third kappa shape index (κ3) is 4.58. The molecule has 0 saturated carbocycles. The Morgan fingerprint density at radius 1 is 1.17 bits per heavy atom. The molecule has 0 aliphatic carbocycles. The first-order valence-corrected chi connectivity index (χ1v) is 7.47. The van der Waals surface area contributed by atoms with Gasteiger partial charge in [0.05, 0.1) is 25.3 Å². The highest BCUT2D eigenvalue weighted by Crippen LogP contribution is 2.24. The van der Waals surface area contributed by atoms with Crippen LogP contribution >= 0.6 is 11.6 Å². The first kappa shape index (κ1) is 17.5. The Hall–Kier alpha value is -1.82. The summed E-state index contributed by atoms with van der Waals surface area (Å²) in [5.74, 6) is 0.908. The summed E-state index contributed by atoms with van der Waals surface area (Å²) in [6.45, 7) is 0.745. The van der Waals surface area contributed by atoms with Gasteiger partial charge in [-0.05, 0) is 35.9 Å². The van der Waals surface area contributed by atoms with Crippen LogP contribution < -0.4 is 14.8 Å². The van der Waals surface area contributed by atoms with Crippen molar-refractivity contribution in [3.05, 3.63) is 58.4 Å². The van der Waals surface area contributed by atoms with E-state index in [0.29, 0.717) is 12.1 Å². The third-order valence-corrected chi connectivity index (χ3v) is 3.78. The summed E-state index contributed by atoms with van der Waals surface area (Å²) in [6.07, 6.45) is -0.835. The lowest BCUT2D eigenvalue weighted by atomic mass is 10.1. The van der Waals surface area contributed by atoms with E-state index in [9.17, 15) is 9.50 Å². The molecule has 23 heavy (non-hydrogen) atoms. The zero-order valence-corrected chi connectivity index (χ0v) is 13.7. The van der Waals surface area contributed by atoms with Crippen LogP contribution in [0.3, 0.4) is 0 Å². The van der Waals surface area contributed by atoms with Gasteiger partial charge in [0.1, 0.15) is 17.3 Å². The first-order valence-electron chi connectivity index (χ1n) is 7.09. The van der Waals surface area contributed by atoms with Gasteiger partial charge in [-0.3, -0.25) is 0 Å². The smallest absolute Gasteiger partial charge is 0.142 e. The molecule has 2 aromatic carbocycles. The Bertz CT molecular complexity index is 666. The quantitative estimate of drug-likeness (QED) is 0.812. The van der Waals surface area contributed by atoms with Gasteiger partial charge in [-0.15, -0.1) is 0 Å². The van der Waals surface area contributed by atoms with E-state index < -0.39 is 11.9 Å². The monoisotopic (exact) mass is 339 g/mol. The summed E-state index contributed by atoms with van der Waals surface area (Å²) in [7, 11) is 3.19. The topological polar surface area (TPSA) is 50.7 Å². The highest BCUT2D eigenvalue weighted by molar-refractivity contribution is 6.30. The molecule has 2 rings (SSSR count). The molecule has 0 aliphatic heterocycles. The number of hydrogen-bond donors (Lipinski definition) is 2. The summed E-state index contributed by atoms with van der Waals surface area (Å²) in [5, 5.41) is 13.3. The Morgan fingerprint density at radius 2 is 1.96 bits per heavy atom. The largest absolute Gasteiger partial charge is 0.497 e. The molecule has 1 unspecified atom stereocenters. The predicted molar refractivity (Wildman–Crippen MR) is 87.6 cm³/mol. The maximum absolute atomic E-state index is 13.4. The molecule has 0 saturated heterocycles. The molecule has 0 amide bonds. The zero-order valence-electron chi connectivity index (χ0n) is 13.0. The van der Waals surface area contributed by atoms with E-state index in [0.717, 1.165) is 17.1 Å². The van der Waals surface area contributed by atoms with Crippen LogP contribution in [0.2, 0.25) is 5.02 Å². The van der Waals surface area contributed by atoms with E-state index in [1.165, 1.54) is 12.1 Å². The number of methoxy groups -OCH3 is 2. The number of aliphatic hydroxyl groups excluding tert-OH is 1. The summed E-state index contributed by atoms with van der Waals surface area (Å²) >= 11 is 5.63. The maximum Gasteiger partial charge on any atom is 0.142 e. The molecule has 4 nitrogen and oxygen atoms in total. The van der Waals surface area contributed by atoms with E-state index in [4.69, 9.17) is 21.1 Å². The summed E-state index contributed by atoms with van der Waals surface area (Å²) in [4.78, 5) is 0. The van der Waals surface area contributed by atoms with E-state index >= 15 is 0 Å². The average Bonchev–Trinajstić information content (AvgIpc) is 2.57. The second-order valence-electron chi connectivity index (χ2n) is 5.00. The maximum atomic E-state index is 13.4. The van der Waals surface area contributed by atoms with Crippen molar-refractivity contribution >= 4 is 11.6 Å². The van der Waals surface area contributed by atoms with Crippen molar-refractivity contribution in [3.8, 4) is 11.5 Å². The van der Waals surface area contributed by atoms with Gasteiger partial charge in [0.25, 0.3) is 0 Å². The Kier molecular flexibility index (Phi) is 6.21. The SMILES string of the molecule is COc1ccc(OC)c(CNCC(O)c2ccc(Cl)c(F)c2)c1. The number of aliphatic hydroxyl groups is 1. The Labute approximate surface area is 139 Å². The van der Waals surface area contributed by atoms with Crippen LogP contribution in [-0.4, -0.2) is 25.9 Å². The second kappa shape index (κ2) is 8.15. The molecule has 0 fully saturated rings. The fourth-order valence-electron chi connectivity index (χ4n) is 2.20. The van der Waals surface area contributed by atoms with Crippen molar-refractivity contribution in [1.29, 1.82) is 0 Å². The molecular formula is C17H19ClFNO3. The van der Waals surface area contributed by atoms with Crippen LogP contribution in [0.25, 0.3) is 0 Å². The molecule has 2 aromatic rings. The third-order valence-electron chi connectivity index (χ3n) is 3.47. The number of nitrogens with one attached hydrogen (secondary N) is 1. The number of rotatable bonds is 7. The van der Waals surface area contributed by atoms with Gasteiger partial charge in [0, 0.05) is 18.7 Å². The van der Waals surface area contributed by atoms with Crippen LogP contribution in [0.4, 0.5) is 4.39 Å². The molecule has 0 aromatic heterocycles. The molecule has 0 spiro atoms. The summed E-state index contributed by atoms with van der Waals surface area (Å²) in [5.41, 5.74) is 1.37. The van der Waals surface area contributed by atoms with E-state index in [1.54, 1.807) is 20.3 Å². The van der Waals surface area contributed by atoms with Gasteiger partial charge in [0.2, 0.25) is 0 Å². The van der Waals surface area contributed by atoms with E-state index in [-0.39, 0.29) is 11.6 Å². The van der Waals surface area contributed by atoms with Crippen molar-refractivity contribution < 1.29 is 19.0 Å². The lowest BCUT2D eigenvalue weighted by Crippen LogP contribution is -2.21. The predicted octanol–water partition coefficient (Wildman–Crippen LogP) is 3.32. The minimum absolute atomic E-state index is 0.0371. The van der Waals surface area contributed by atoms with Gasteiger partial charge in [-0.1, -0.05) is 17.7 Å². The molecule has 6 heteroatoms. The minimum atomic E-state index is -0.835. The Morgan fingerprint density at radius 3 is 2.61 bits per heavy atom. The molecular weight excluding hydrogens is 321 g/mol. The van der Waals surface area contributed by atoms with Crippen LogP contribution in [-0.2, 0) is 6.54 Å². The van der Waals surface area contributed by atoms with Gasteiger partial charge in [-0.25, -0.2) is 4.39 Å². The fraction of sp³-hybridized carbons (Fsp3) is 0.294. The number of hydrogen-bond acceptors (Lipinski definition) is 4.